The van der Waals surface area contributed by atoms with E-state index >= 15 is 0 Å². The summed E-state index contributed by atoms with van der Waals surface area (Å²) in [5.41, 5.74) is 0.522. The summed E-state index contributed by atoms with van der Waals surface area (Å²) in [7, 11) is 0. The molecule has 0 spiro atoms. The predicted octanol–water partition coefficient (Wildman–Crippen LogP) is 3.85. The number of carbonyl (C=O) groups is 1. The van der Waals surface area contributed by atoms with E-state index in [0.29, 0.717) is 22.1 Å². The van der Waals surface area contributed by atoms with Crippen LogP contribution >= 0.6 is 11.6 Å². The summed E-state index contributed by atoms with van der Waals surface area (Å²) in [5, 5.41) is 3.66. The molecule has 0 amide bonds. The molecule has 0 saturated carbocycles. The Kier molecular flexibility index (Phi) is 5.70. The normalized spacial score (nSPS) is 18.0. The van der Waals surface area contributed by atoms with Gasteiger partial charge in [-0.25, -0.2) is 0 Å². The number of benzene rings is 1. The van der Waals surface area contributed by atoms with Crippen LogP contribution in [0.4, 0.5) is 0 Å². The molecule has 1 aromatic carbocycles. The van der Waals surface area contributed by atoms with Gasteiger partial charge in [0.25, 0.3) is 0 Å². The fourth-order valence-electron chi connectivity index (χ4n) is 2.52. The maximum absolute atomic E-state index is 12.7. The van der Waals surface area contributed by atoms with Crippen LogP contribution < -0.4 is 14.8 Å². The molecule has 1 unspecified atom stereocenters. The van der Waals surface area contributed by atoms with Gasteiger partial charge in [0.2, 0.25) is 0 Å². The van der Waals surface area contributed by atoms with Crippen LogP contribution in [0.2, 0.25) is 5.02 Å². The van der Waals surface area contributed by atoms with Gasteiger partial charge in [0.05, 0.1) is 28.8 Å². The molecule has 1 fully saturated rings. The smallest absolute Gasteiger partial charge is 0.183 e. The third kappa shape index (κ3) is 4.14. The van der Waals surface area contributed by atoms with Crippen molar-refractivity contribution in [3.8, 4) is 11.5 Å². The molecule has 0 radical (unpaired) electrons. The summed E-state index contributed by atoms with van der Waals surface area (Å²) in [6.07, 6.45) is 1.83. The second-order valence-electron chi connectivity index (χ2n) is 6.13. The van der Waals surface area contributed by atoms with Crippen molar-refractivity contribution < 1.29 is 14.3 Å². The first kappa shape index (κ1) is 17.1. The molecule has 5 heteroatoms. The Bertz CT molecular complexity index is 537. The van der Waals surface area contributed by atoms with Crippen LogP contribution in [0.25, 0.3) is 0 Å². The molecule has 0 aromatic heterocycles. The van der Waals surface area contributed by atoms with Gasteiger partial charge in [-0.05, 0) is 53.1 Å². The van der Waals surface area contributed by atoms with Crippen LogP contribution in [-0.2, 0) is 0 Å². The van der Waals surface area contributed by atoms with E-state index in [1.807, 2.05) is 27.7 Å². The Labute approximate surface area is 137 Å². The van der Waals surface area contributed by atoms with Crippen molar-refractivity contribution in [3.05, 3.63) is 22.7 Å². The molecule has 0 aliphatic carbocycles. The summed E-state index contributed by atoms with van der Waals surface area (Å²) >= 11 is 6.28. The van der Waals surface area contributed by atoms with Gasteiger partial charge in [-0.15, -0.1) is 0 Å². The van der Waals surface area contributed by atoms with Crippen molar-refractivity contribution in [1.29, 1.82) is 0 Å². The molecule has 0 bridgehead atoms. The summed E-state index contributed by atoms with van der Waals surface area (Å²) in [4.78, 5) is 12.7. The molecule has 2 rings (SSSR count). The Morgan fingerprint density at radius 2 is 1.82 bits per heavy atom. The van der Waals surface area contributed by atoms with Crippen molar-refractivity contribution in [3.63, 3.8) is 0 Å². The number of halogens is 1. The number of rotatable bonds is 6. The van der Waals surface area contributed by atoms with Crippen molar-refractivity contribution >= 4 is 17.4 Å². The second-order valence-corrected chi connectivity index (χ2v) is 6.53. The highest BCUT2D eigenvalue weighted by atomic mass is 35.5. The number of Topliss-reactive ketones (excluding diaryl/α,β-unsaturated/α-hetero) is 1. The number of carbonyl (C=O) groups excluding carboxylic acids is 1. The molecule has 1 N–H and O–H groups in total. The minimum atomic E-state index is -0.151. The minimum Gasteiger partial charge on any atom is -0.490 e. The van der Waals surface area contributed by atoms with Crippen molar-refractivity contribution in [2.24, 2.45) is 0 Å². The molecule has 1 saturated heterocycles. The quantitative estimate of drug-likeness (QED) is 0.807. The maximum Gasteiger partial charge on any atom is 0.183 e. The lowest BCUT2D eigenvalue weighted by Crippen LogP contribution is -2.31. The molecular formula is C17H24ClNO3. The van der Waals surface area contributed by atoms with E-state index in [1.54, 1.807) is 12.1 Å². The first-order valence-electron chi connectivity index (χ1n) is 7.83. The number of ketones is 1. The van der Waals surface area contributed by atoms with Gasteiger partial charge in [-0.2, -0.15) is 0 Å². The van der Waals surface area contributed by atoms with Crippen molar-refractivity contribution in [2.75, 3.05) is 6.54 Å². The highest BCUT2D eigenvalue weighted by Crippen LogP contribution is 2.35. The van der Waals surface area contributed by atoms with Crippen LogP contribution in [0.15, 0.2) is 12.1 Å². The molecule has 1 aliphatic heterocycles. The lowest BCUT2D eigenvalue weighted by molar-refractivity contribution is 0.0946. The summed E-state index contributed by atoms with van der Waals surface area (Å²) in [6.45, 7) is 8.60. The molecule has 122 valence electrons. The van der Waals surface area contributed by atoms with E-state index in [4.69, 9.17) is 21.1 Å². The number of hydrogen-bond donors (Lipinski definition) is 1. The van der Waals surface area contributed by atoms with Gasteiger partial charge in [0, 0.05) is 6.07 Å². The minimum absolute atomic E-state index is 0.00227. The van der Waals surface area contributed by atoms with Gasteiger partial charge < -0.3 is 14.8 Å². The fourth-order valence-corrected chi connectivity index (χ4v) is 2.73. The Morgan fingerprint density at radius 3 is 2.36 bits per heavy atom. The molecule has 1 heterocycles. The largest absolute Gasteiger partial charge is 0.490 e. The SMILES string of the molecule is CC(C)Oc1cc(OC(C)C)c(C(=O)C2CCCN2)cc1Cl. The second kappa shape index (κ2) is 7.34. The molecular weight excluding hydrogens is 302 g/mol. The van der Waals surface area contributed by atoms with E-state index in [1.165, 1.54) is 0 Å². The third-order valence-corrected chi connectivity index (χ3v) is 3.70. The molecule has 22 heavy (non-hydrogen) atoms. The van der Waals surface area contributed by atoms with Gasteiger partial charge in [0.1, 0.15) is 11.5 Å². The van der Waals surface area contributed by atoms with Crippen LogP contribution in [0.3, 0.4) is 0 Å². The fraction of sp³-hybridized carbons (Fsp3) is 0.588. The summed E-state index contributed by atoms with van der Waals surface area (Å²) in [6, 6.07) is 3.24. The van der Waals surface area contributed by atoms with Gasteiger partial charge in [-0.3, -0.25) is 4.79 Å². The Morgan fingerprint density at radius 1 is 1.18 bits per heavy atom. The number of nitrogens with one attached hydrogen (secondary N) is 1. The number of hydrogen-bond acceptors (Lipinski definition) is 4. The lowest BCUT2D eigenvalue weighted by Gasteiger charge is -2.19. The highest BCUT2D eigenvalue weighted by Gasteiger charge is 2.27. The zero-order valence-electron chi connectivity index (χ0n) is 13.6. The highest BCUT2D eigenvalue weighted by molar-refractivity contribution is 6.32. The Balaban J connectivity index is 2.37. The van der Waals surface area contributed by atoms with Crippen LogP contribution in [-0.4, -0.2) is 30.6 Å². The van der Waals surface area contributed by atoms with Gasteiger partial charge in [0.15, 0.2) is 5.78 Å². The lowest BCUT2D eigenvalue weighted by atomic mass is 10.0. The zero-order chi connectivity index (χ0) is 16.3. The standard InChI is InChI=1S/C17H24ClNO3/c1-10(2)21-15-9-16(22-11(3)4)13(18)8-12(15)17(20)14-6-5-7-19-14/h8-11,14,19H,5-7H2,1-4H3. The van der Waals surface area contributed by atoms with Crippen LogP contribution in [0.1, 0.15) is 50.9 Å². The first-order valence-corrected chi connectivity index (χ1v) is 8.20. The van der Waals surface area contributed by atoms with Crippen LogP contribution in [0, 0.1) is 0 Å². The van der Waals surface area contributed by atoms with Crippen LogP contribution in [0.5, 0.6) is 11.5 Å². The zero-order valence-corrected chi connectivity index (χ0v) is 14.4. The third-order valence-electron chi connectivity index (χ3n) is 3.40. The molecule has 1 atom stereocenters. The van der Waals surface area contributed by atoms with E-state index < -0.39 is 0 Å². The van der Waals surface area contributed by atoms with E-state index in [-0.39, 0.29) is 24.0 Å². The average Bonchev–Trinajstić information content (AvgIpc) is 2.94. The van der Waals surface area contributed by atoms with Gasteiger partial charge >= 0.3 is 0 Å². The summed E-state index contributed by atoms with van der Waals surface area (Å²) < 4.78 is 11.5. The van der Waals surface area contributed by atoms with Gasteiger partial charge in [-0.1, -0.05) is 11.6 Å². The maximum atomic E-state index is 12.7. The first-order chi connectivity index (χ1) is 10.4. The van der Waals surface area contributed by atoms with E-state index in [9.17, 15) is 4.79 Å². The molecule has 1 aromatic rings. The monoisotopic (exact) mass is 325 g/mol. The molecule has 1 aliphatic rings. The number of ether oxygens (including phenoxy) is 2. The average molecular weight is 326 g/mol. The van der Waals surface area contributed by atoms with Crippen molar-refractivity contribution in [1.82, 2.24) is 5.32 Å². The van der Waals surface area contributed by atoms with E-state index in [0.717, 1.165) is 19.4 Å². The topological polar surface area (TPSA) is 47.6 Å². The van der Waals surface area contributed by atoms with Crippen molar-refractivity contribution in [2.45, 2.75) is 58.8 Å². The predicted molar refractivity (Wildman–Crippen MR) is 88.3 cm³/mol. The molecule has 4 nitrogen and oxygen atoms in total. The van der Waals surface area contributed by atoms with E-state index in [2.05, 4.69) is 5.32 Å². The Hall–Kier alpha value is -1.26. The summed E-state index contributed by atoms with van der Waals surface area (Å²) in [5.74, 6) is 1.11.